The number of benzene rings is 1. The van der Waals surface area contributed by atoms with Crippen molar-refractivity contribution < 1.29 is 19.3 Å². The summed E-state index contributed by atoms with van der Waals surface area (Å²) in [5, 5.41) is 2.75. The van der Waals surface area contributed by atoms with E-state index in [-0.39, 0.29) is 25.0 Å². The fraction of sp³-hybridized carbons (Fsp3) is 0.350. The van der Waals surface area contributed by atoms with Gasteiger partial charge in [0.15, 0.2) is 0 Å². The molecule has 0 spiro atoms. The standard InChI is InChI=1S/C20H24N4O3/c1-16-5-7-17(8-6-16)22-19(25)14-27-15-20(26)24-12-10-23(11-13-24)18-4-2-3-9-21-18/h2-9H,10-15H2,1H3,(H,22,25)/p+1. The number of carbonyl (C=O) groups is 2. The van der Waals surface area contributed by atoms with Crippen LogP contribution in [0.4, 0.5) is 11.5 Å². The molecule has 1 saturated heterocycles. The lowest BCUT2D eigenvalue weighted by Crippen LogP contribution is -2.51. The minimum atomic E-state index is -0.268. The topological polar surface area (TPSA) is 76.0 Å². The van der Waals surface area contributed by atoms with Crippen molar-refractivity contribution in [3.63, 3.8) is 0 Å². The van der Waals surface area contributed by atoms with Gasteiger partial charge in [0.2, 0.25) is 11.8 Å². The third-order valence-electron chi connectivity index (χ3n) is 4.46. The number of aryl methyl sites for hydroxylation is 1. The third kappa shape index (κ3) is 5.52. The Morgan fingerprint density at radius 2 is 1.78 bits per heavy atom. The smallest absolute Gasteiger partial charge is 0.274 e. The van der Waals surface area contributed by atoms with Gasteiger partial charge < -0.3 is 15.0 Å². The number of H-pyrrole nitrogens is 1. The molecule has 3 rings (SSSR count). The molecule has 2 heterocycles. The molecule has 1 aliphatic heterocycles. The highest BCUT2D eigenvalue weighted by atomic mass is 16.5. The molecule has 2 N–H and O–H groups in total. The van der Waals surface area contributed by atoms with E-state index in [9.17, 15) is 9.59 Å². The number of piperazine rings is 1. The van der Waals surface area contributed by atoms with Gasteiger partial charge in [-0.3, -0.25) is 14.5 Å². The molecule has 0 unspecified atom stereocenters. The fourth-order valence-corrected chi connectivity index (χ4v) is 2.93. The van der Waals surface area contributed by atoms with E-state index in [4.69, 9.17) is 4.74 Å². The molecule has 0 atom stereocenters. The van der Waals surface area contributed by atoms with Crippen LogP contribution in [0.15, 0.2) is 48.7 Å². The number of nitrogens with one attached hydrogen (secondary N) is 2. The summed E-state index contributed by atoms with van der Waals surface area (Å²) >= 11 is 0. The van der Waals surface area contributed by atoms with Crippen molar-refractivity contribution in [1.29, 1.82) is 0 Å². The predicted molar refractivity (Wildman–Crippen MR) is 102 cm³/mol. The van der Waals surface area contributed by atoms with Gasteiger partial charge in [0.05, 0.1) is 19.3 Å². The second-order valence-corrected chi connectivity index (χ2v) is 6.52. The lowest BCUT2D eigenvalue weighted by molar-refractivity contribution is -0.364. The number of anilines is 2. The van der Waals surface area contributed by atoms with E-state index in [0.29, 0.717) is 13.1 Å². The van der Waals surface area contributed by atoms with Crippen molar-refractivity contribution in [2.75, 3.05) is 49.6 Å². The summed E-state index contributed by atoms with van der Waals surface area (Å²) < 4.78 is 5.29. The number of aromatic amines is 1. The van der Waals surface area contributed by atoms with Crippen LogP contribution in [-0.4, -0.2) is 56.1 Å². The van der Waals surface area contributed by atoms with Crippen LogP contribution in [0.3, 0.4) is 0 Å². The number of pyridine rings is 1. The van der Waals surface area contributed by atoms with Crippen LogP contribution in [0, 0.1) is 6.92 Å². The molecule has 1 aromatic heterocycles. The van der Waals surface area contributed by atoms with E-state index in [1.807, 2.05) is 55.6 Å². The minimum Gasteiger partial charge on any atom is -0.362 e. The van der Waals surface area contributed by atoms with Crippen LogP contribution in [0.25, 0.3) is 0 Å². The first-order valence-corrected chi connectivity index (χ1v) is 9.05. The highest BCUT2D eigenvalue weighted by molar-refractivity contribution is 5.91. The van der Waals surface area contributed by atoms with E-state index < -0.39 is 0 Å². The second-order valence-electron chi connectivity index (χ2n) is 6.52. The van der Waals surface area contributed by atoms with Gasteiger partial charge in [0, 0.05) is 11.8 Å². The zero-order valence-electron chi connectivity index (χ0n) is 15.5. The van der Waals surface area contributed by atoms with Gasteiger partial charge in [-0.2, -0.15) is 0 Å². The van der Waals surface area contributed by atoms with E-state index in [0.717, 1.165) is 30.2 Å². The highest BCUT2D eigenvalue weighted by Gasteiger charge is 2.26. The molecule has 7 heteroatoms. The second kappa shape index (κ2) is 9.14. The van der Waals surface area contributed by atoms with Crippen LogP contribution in [-0.2, 0) is 14.3 Å². The number of rotatable bonds is 6. The Bertz CT molecular complexity index is 757. The number of amides is 2. The molecule has 7 nitrogen and oxygen atoms in total. The Hall–Kier alpha value is -2.93. The Morgan fingerprint density at radius 3 is 2.44 bits per heavy atom. The summed E-state index contributed by atoms with van der Waals surface area (Å²) in [7, 11) is 0. The summed E-state index contributed by atoms with van der Waals surface area (Å²) in [6.07, 6.45) is 1.89. The quantitative estimate of drug-likeness (QED) is 0.828. The van der Waals surface area contributed by atoms with Gasteiger partial charge >= 0.3 is 0 Å². The molecule has 0 radical (unpaired) electrons. The molecule has 1 fully saturated rings. The van der Waals surface area contributed by atoms with Crippen molar-refractivity contribution in [1.82, 2.24) is 4.90 Å². The van der Waals surface area contributed by atoms with Crippen LogP contribution in [0.5, 0.6) is 0 Å². The Morgan fingerprint density at radius 1 is 1.04 bits per heavy atom. The molecular formula is C20H25N4O3+. The van der Waals surface area contributed by atoms with E-state index in [1.54, 1.807) is 4.90 Å². The molecule has 1 aromatic carbocycles. The monoisotopic (exact) mass is 369 g/mol. The van der Waals surface area contributed by atoms with Crippen molar-refractivity contribution in [2.24, 2.45) is 0 Å². The maximum absolute atomic E-state index is 12.3. The zero-order chi connectivity index (χ0) is 19.1. The molecule has 0 aliphatic carbocycles. The first kappa shape index (κ1) is 18.8. The average Bonchev–Trinajstić information content (AvgIpc) is 2.70. The molecular weight excluding hydrogens is 344 g/mol. The Kier molecular flexibility index (Phi) is 6.38. The largest absolute Gasteiger partial charge is 0.362 e. The number of carbonyl (C=O) groups excluding carboxylic acids is 2. The minimum absolute atomic E-state index is 0.0845. The number of aromatic nitrogens is 1. The Labute approximate surface area is 158 Å². The van der Waals surface area contributed by atoms with Gasteiger partial charge in [-0.05, 0) is 25.1 Å². The zero-order valence-corrected chi connectivity index (χ0v) is 15.5. The third-order valence-corrected chi connectivity index (χ3v) is 4.46. The van der Waals surface area contributed by atoms with Crippen molar-refractivity contribution in [3.8, 4) is 0 Å². The molecule has 142 valence electrons. The summed E-state index contributed by atoms with van der Waals surface area (Å²) in [6, 6.07) is 13.5. The predicted octanol–water partition coefficient (Wildman–Crippen LogP) is 1.11. The van der Waals surface area contributed by atoms with E-state index in [1.165, 1.54) is 0 Å². The molecule has 0 saturated carbocycles. The Balaban J connectivity index is 1.36. The lowest BCUT2D eigenvalue weighted by atomic mass is 10.2. The fourth-order valence-electron chi connectivity index (χ4n) is 2.93. The van der Waals surface area contributed by atoms with E-state index >= 15 is 0 Å². The van der Waals surface area contributed by atoms with Gasteiger partial charge in [-0.15, -0.1) is 0 Å². The molecule has 1 aliphatic rings. The number of nitrogens with zero attached hydrogens (tertiary/aromatic N) is 2. The number of hydrogen-bond donors (Lipinski definition) is 1. The van der Waals surface area contributed by atoms with Gasteiger partial charge in [-0.25, -0.2) is 4.98 Å². The van der Waals surface area contributed by atoms with Crippen molar-refractivity contribution in [3.05, 3.63) is 54.2 Å². The average molecular weight is 369 g/mol. The first-order valence-electron chi connectivity index (χ1n) is 9.05. The highest BCUT2D eigenvalue weighted by Crippen LogP contribution is 2.10. The first-order chi connectivity index (χ1) is 13.1. The molecule has 2 amide bonds. The normalized spacial score (nSPS) is 14.1. The number of ether oxygens (including phenoxy) is 1. The number of hydrogen-bond acceptors (Lipinski definition) is 4. The van der Waals surface area contributed by atoms with Gasteiger partial charge in [-0.1, -0.05) is 23.8 Å². The van der Waals surface area contributed by atoms with Crippen molar-refractivity contribution in [2.45, 2.75) is 6.92 Å². The van der Waals surface area contributed by atoms with Crippen LogP contribution >= 0.6 is 0 Å². The lowest BCUT2D eigenvalue weighted by Gasteiger charge is -2.30. The summed E-state index contributed by atoms with van der Waals surface area (Å²) in [4.78, 5) is 31.3. The molecule has 2 aromatic rings. The van der Waals surface area contributed by atoms with E-state index in [2.05, 4.69) is 15.2 Å². The summed E-state index contributed by atoms with van der Waals surface area (Å²) in [6.45, 7) is 4.57. The maximum atomic E-state index is 12.3. The van der Waals surface area contributed by atoms with Gasteiger partial charge in [0.1, 0.15) is 26.3 Å². The molecule has 27 heavy (non-hydrogen) atoms. The van der Waals surface area contributed by atoms with Crippen molar-refractivity contribution >= 4 is 23.3 Å². The maximum Gasteiger partial charge on any atom is 0.274 e. The van der Waals surface area contributed by atoms with Crippen LogP contribution in [0.1, 0.15) is 5.56 Å². The molecule has 0 bridgehead atoms. The summed E-state index contributed by atoms with van der Waals surface area (Å²) in [5.41, 5.74) is 1.84. The van der Waals surface area contributed by atoms with Gasteiger partial charge in [0.25, 0.3) is 5.82 Å². The van der Waals surface area contributed by atoms with Crippen LogP contribution < -0.4 is 15.2 Å². The SMILES string of the molecule is Cc1ccc(NC(=O)COCC(=O)N2CCN(c3cccc[nH+]3)CC2)cc1. The summed E-state index contributed by atoms with van der Waals surface area (Å²) in [5.74, 6) is 0.694. The van der Waals surface area contributed by atoms with Crippen LogP contribution in [0.2, 0.25) is 0 Å².